The molecule has 4 nitrogen and oxygen atoms in total. The lowest BCUT2D eigenvalue weighted by molar-refractivity contribution is 0.483. The van der Waals surface area contributed by atoms with Crippen LogP contribution in [0.1, 0.15) is 0 Å². The third-order valence-corrected chi connectivity index (χ3v) is 2.74. The lowest BCUT2D eigenvalue weighted by atomic mass is 10.2. The molecule has 19 heavy (non-hydrogen) atoms. The molecule has 3 rings (SSSR count). The molecule has 0 spiro atoms. The first-order valence-corrected chi connectivity index (χ1v) is 5.94. The van der Waals surface area contributed by atoms with E-state index in [9.17, 15) is 0 Å². The van der Waals surface area contributed by atoms with Gasteiger partial charge < -0.3 is 15.5 Å². The minimum Gasteiger partial charge on any atom is -0.457 e. The van der Waals surface area contributed by atoms with Gasteiger partial charge in [-0.2, -0.15) is 0 Å². The fourth-order valence-electron chi connectivity index (χ4n) is 1.78. The number of nitrogens with two attached hydrogens (primary N) is 1. The van der Waals surface area contributed by atoms with Crippen LogP contribution in [0.4, 0.5) is 5.69 Å². The molecule has 1 heterocycles. The van der Waals surface area contributed by atoms with Gasteiger partial charge in [-0.3, -0.25) is 0 Å². The van der Waals surface area contributed by atoms with Crippen molar-refractivity contribution in [2.24, 2.45) is 0 Å². The highest BCUT2D eigenvalue weighted by atomic mass is 16.5. The highest BCUT2D eigenvalue weighted by molar-refractivity contribution is 5.56. The molecule has 0 aliphatic carbocycles. The second-order valence-corrected chi connectivity index (χ2v) is 4.13. The van der Waals surface area contributed by atoms with Gasteiger partial charge in [0.15, 0.2) is 0 Å². The highest BCUT2D eigenvalue weighted by Gasteiger charge is 2.01. The third kappa shape index (κ3) is 2.57. The van der Waals surface area contributed by atoms with Crippen LogP contribution in [0.25, 0.3) is 11.4 Å². The second kappa shape index (κ2) is 4.86. The van der Waals surface area contributed by atoms with Gasteiger partial charge in [0.05, 0.1) is 0 Å². The Hall–Kier alpha value is -2.75. The summed E-state index contributed by atoms with van der Waals surface area (Å²) in [6, 6.07) is 15.1. The van der Waals surface area contributed by atoms with Crippen LogP contribution >= 0.6 is 0 Å². The van der Waals surface area contributed by atoms with E-state index in [0.29, 0.717) is 0 Å². The van der Waals surface area contributed by atoms with Crippen LogP contribution in [0, 0.1) is 0 Å². The molecule has 0 fully saturated rings. The average Bonchev–Trinajstić information content (AvgIpc) is 2.96. The van der Waals surface area contributed by atoms with Crippen molar-refractivity contribution in [1.29, 1.82) is 0 Å². The quantitative estimate of drug-likeness (QED) is 0.701. The van der Waals surface area contributed by atoms with Crippen LogP contribution in [0.2, 0.25) is 0 Å². The summed E-state index contributed by atoms with van der Waals surface area (Å²) in [6.07, 6.45) is 3.53. The third-order valence-electron chi connectivity index (χ3n) is 2.74. The Morgan fingerprint density at radius 1 is 0.895 bits per heavy atom. The Bertz CT molecular complexity index is 643. The molecular formula is C15H13N3O. The molecular weight excluding hydrogens is 238 g/mol. The summed E-state index contributed by atoms with van der Waals surface area (Å²) in [5, 5.41) is 0. The Kier molecular flexibility index (Phi) is 2.90. The molecule has 2 aromatic carbocycles. The van der Waals surface area contributed by atoms with Crippen LogP contribution < -0.4 is 10.5 Å². The molecule has 0 bridgehead atoms. The number of H-pyrrole nitrogens is 1. The van der Waals surface area contributed by atoms with Crippen molar-refractivity contribution in [2.45, 2.75) is 0 Å². The number of aromatic nitrogens is 2. The maximum absolute atomic E-state index is 5.72. The van der Waals surface area contributed by atoms with E-state index in [4.69, 9.17) is 10.5 Å². The first-order valence-electron chi connectivity index (χ1n) is 5.94. The number of ether oxygens (including phenoxy) is 1. The standard InChI is InChI=1S/C15H13N3O/c16-12-3-7-14(8-4-12)19-13-5-1-11(2-6-13)15-17-9-10-18-15/h1-10H,16H2,(H,17,18). The fraction of sp³-hybridized carbons (Fsp3) is 0. The van der Waals surface area contributed by atoms with Gasteiger partial charge in [-0.05, 0) is 48.5 Å². The van der Waals surface area contributed by atoms with Gasteiger partial charge in [-0.15, -0.1) is 0 Å². The van der Waals surface area contributed by atoms with Gasteiger partial charge in [0.25, 0.3) is 0 Å². The normalized spacial score (nSPS) is 10.3. The fourth-order valence-corrected chi connectivity index (χ4v) is 1.78. The number of anilines is 1. The zero-order valence-electron chi connectivity index (χ0n) is 10.2. The number of hydrogen-bond acceptors (Lipinski definition) is 3. The van der Waals surface area contributed by atoms with Crippen molar-refractivity contribution >= 4 is 5.69 Å². The SMILES string of the molecule is Nc1ccc(Oc2ccc(-c3ncc[nH]3)cc2)cc1. The Labute approximate surface area is 110 Å². The van der Waals surface area contributed by atoms with Crippen molar-refractivity contribution in [1.82, 2.24) is 9.97 Å². The highest BCUT2D eigenvalue weighted by Crippen LogP contribution is 2.24. The van der Waals surface area contributed by atoms with Crippen LogP contribution in [-0.4, -0.2) is 9.97 Å². The molecule has 0 radical (unpaired) electrons. The zero-order valence-corrected chi connectivity index (χ0v) is 10.2. The predicted molar refractivity (Wildman–Crippen MR) is 75.0 cm³/mol. The number of nitrogens with zero attached hydrogens (tertiary/aromatic N) is 1. The number of aromatic amines is 1. The predicted octanol–water partition coefficient (Wildman–Crippen LogP) is 3.45. The number of nitrogen functional groups attached to an aromatic ring is 1. The van der Waals surface area contributed by atoms with E-state index >= 15 is 0 Å². The zero-order chi connectivity index (χ0) is 13.1. The molecule has 3 N–H and O–H groups in total. The van der Waals surface area contributed by atoms with E-state index in [1.807, 2.05) is 48.5 Å². The van der Waals surface area contributed by atoms with E-state index in [-0.39, 0.29) is 0 Å². The number of hydrogen-bond donors (Lipinski definition) is 2. The lowest BCUT2D eigenvalue weighted by Gasteiger charge is -2.06. The largest absolute Gasteiger partial charge is 0.457 e. The number of benzene rings is 2. The van der Waals surface area contributed by atoms with Gasteiger partial charge in [-0.25, -0.2) is 4.98 Å². The molecule has 0 saturated heterocycles. The van der Waals surface area contributed by atoms with Crippen LogP contribution in [-0.2, 0) is 0 Å². The first kappa shape index (κ1) is 11.3. The van der Waals surface area contributed by atoms with E-state index in [0.717, 1.165) is 28.6 Å². The number of rotatable bonds is 3. The Morgan fingerprint density at radius 3 is 2.11 bits per heavy atom. The first-order chi connectivity index (χ1) is 9.31. The molecule has 0 amide bonds. The summed E-state index contributed by atoms with van der Waals surface area (Å²) in [6.45, 7) is 0. The van der Waals surface area contributed by atoms with Crippen molar-refractivity contribution < 1.29 is 4.74 Å². The van der Waals surface area contributed by atoms with Gasteiger partial charge in [0.2, 0.25) is 0 Å². The van der Waals surface area contributed by atoms with Crippen molar-refractivity contribution in [3.05, 3.63) is 60.9 Å². The van der Waals surface area contributed by atoms with Gasteiger partial charge in [-0.1, -0.05) is 0 Å². The smallest absolute Gasteiger partial charge is 0.137 e. The molecule has 4 heteroatoms. The minimum atomic E-state index is 0.723. The number of imidazole rings is 1. The molecule has 0 aliphatic heterocycles. The Balaban J connectivity index is 1.77. The minimum absolute atomic E-state index is 0.723. The topological polar surface area (TPSA) is 63.9 Å². The molecule has 3 aromatic rings. The Morgan fingerprint density at radius 2 is 1.53 bits per heavy atom. The van der Waals surface area contributed by atoms with E-state index in [1.165, 1.54) is 0 Å². The monoisotopic (exact) mass is 251 g/mol. The summed E-state index contributed by atoms with van der Waals surface area (Å²) in [5.41, 5.74) is 7.37. The van der Waals surface area contributed by atoms with Crippen molar-refractivity contribution in [3.8, 4) is 22.9 Å². The maximum atomic E-state index is 5.72. The van der Waals surface area contributed by atoms with Gasteiger partial charge in [0.1, 0.15) is 17.3 Å². The summed E-state index contributed by atoms with van der Waals surface area (Å²) in [5.74, 6) is 2.39. The van der Waals surface area contributed by atoms with E-state index in [2.05, 4.69) is 9.97 Å². The van der Waals surface area contributed by atoms with Gasteiger partial charge in [0, 0.05) is 23.6 Å². The molecule has 1 aromatic heterocycles. The van der Waals surface area contributed by atoms with Crippen LogP contribution in [0.15, 0.2) is 60.9 Å². The average molecular weight is 251 g/mol. The molecule has 0 aliphatic rings. The molecule has 0 atom stereocenters. The van der Waals surface area contributed by atoms with E-state index < -0.39 is 0 Å². The van der Waals surface area contributed by atoms with Crippen LogP contribution in [0.3, 0.4) is 0 Å². The number of nitrogens with one attached hydrogen (secondary N) is 1. The molecule has 94 valence electrons. The summed E-state index contributed by atoms with van der Waals surface area (Å²) in [7, 11) is 0. The molecule has 0 unspecified atom stereocenters. The summed E-state index contributed by atoms with van der Waals surface area (Å²) >= 11 is 0. The van der Waals surface area contributed by atoms with Crippen molar-refractivity contribution in [2.75, 3.05) is 5.73 Å². The molecule has 0 saturated carbocycles. The van der Waals surface area contributed by atoms with E-state index in [1.54, 1.807) is 12.4 Å². The lowest BCUT2D eigenvalue weighted by Crippen LogP contribution is -1.87. The van der Waals surface area contributed by atoms with Gasteiger partial charge >= 0.3 is 0 Å². The summed E-state index contributed by atoms with van der Waals surface area (Å²) in [4.78, 5) is 7.26. The van der Waals surface area contributed by atoms with Crippen molar-refractivity contribution in [3.63, 3.8) is 0 Å². The summed E-state index contributed by atoms with van der Waals surface area (Å²) < 4.78 is 5.72. The maximum Gasteiger partial charge on any atom is 0.137 e. The van der Waals surface area contributed by atoms with Crippen LogP contribution in [0.5, 0.6) is 11.5 Å². The second-order valence-electron chi connectivity index (χ2n) is 4.13.